The van der Waals surface area contributed by atoms with Gasteiger partial charge in [0.15, 0.2) is 6.23 Å². The normalized spacial score (nSPS) is 15.3. The molecular formula is C34H34F6N2O5. The molecule has 1 aliphatic heterocycles. The lowest BCUT2D eigenvalue weighted by molar-refractivity contribution is -0.392. The maximum atomic E-state index is 15.0. The van der Waals surface area contributed by atoms with E-state index in [4.69, 9.17) is 14.2 Å². The largest absolute Gasteiger partial charge is 0.497 e. The number of nitrogens with zero attached hydrogens (tertiary/aromatic N) is 2. The van der Waals surface area contributed by atoms with Gasteiger partial charge in [-0.3, -0.25) is 9.59 Å². The Labute approximate surface area is 268 Å². The zero-order valence-electron chi connectivity index (χ0n) is 25.9. The predicted octanol–water partition coefficient (Wildman–Crippen LogP) is 6.54. The average Bonchev–Trinajstić information content (AvgIpc) is 3.39. The molecule has 1 heterocycles. The second kappa shape index (κ2) is 14.6. The highest BCUT2D eigenvalue weighted by Gasteiger charge is 2.74. The Hall–Kier alpha value is -4.36. The summed E-state index contributed by atoms with van der Waals surface area (Å²) >= 11 is 0. The molecule has 252 valence electrons. The van der Waals surface area contributed by atoms with Gasteiger partial charge in [-0.1, -0.05) is 60.7 Å². The van der Waals surface area contributed by atoms with Gasteiger partial charge >= 0.3 is 12.4 Å². The SMILES string of the molecule is COc1ccc(Cc2ccc(CN(C)C(=O)CCN3C(=O)C=CC3OC)cc2C(OCc2ccccc2)(C(F)(F)F)C(F)(F)F)cc1. The third-order valence-electron chi connectivity index (χ3n) is 7.85. The lowest BCUT2D eigenvalue weighted by Gasteiger charge is -2.39. The van der Waals surface area contributed by atoms with E-state index >= 15 is 0 Å². The fourth-order valence-electron chi connectivity index (χ4n) is 5.34. The molecule has 1 aliphatic rings. The van der Waals surface area contributed by atoms with Gasteiger partial charge in [0.25, 0.3) is 5.60 Å². The Kier molecular flexibility index (Phi) is 11.0. The van der Waals surface area contributed by atoms with Gasteiger partial charge in [0.05, 0.1) is 13.7 Å². The van der Waals surface area contributed by atoms with Crippen LogP contribution in [0.4, 0.5) is 26.3 Å². The fourth-order valence-corrected chi connectivity index (χ4v) is 5.34. The molecule has 2 amide bonds. The number of rotatable bonds is 13. The fraction of sp³-hybridized carbons (Fsp3) is 0.353. The first-order valence-electron chi connectivity index (χ1n) is 14.5. The number of benzene rings is 3. The van der Waals surface area contributed by atoms with E-state index in [0.29, 0.717) is 11.3 Å². The second-order valence-corrected chi connectivity index (χ2v) is 11.0. The molecule has 0 aliphatic carbocycles. The van der Waals surface area contributed by atoms with E-state index in [1.54, 1.807) is 30.3 Å². The number of amides is 2. The first kappa shape index (κ1) is 35.5. The van der Waals surface area contributed by atoms with E-state index < -0.39 is 42.3 Å². The van der Waals surface area contributed by atoms with E-state index in [1.165, 1.54) is 79.6 Å². The average molecular weight is 665 g/mol. The van der Waals surface area contributed by atoms with Crippen molar-refractivity contribution in [2.75, 3.05) is 27.8 Å². The quantitative estimate of drug-likeness (QED) is 0.194. The standard InChI is InChI=1S/C34H34F6N2O5/c1-41(29(43)17-18-42-30(44)15-16-31(42)46-3)21-25-9-12-26(19-23-10-13-27(45-2)14-11-23)28(20-25)32(33(35,36)37,34(38,39)40)47-22-24-7-5-4-6-8-24/h4-16,20,31H,17-19,21-22H2,1-3H3. The maximum absolute atomic E-state index is 15.0. The van der Waals surface area contributed by atoms with E-state index in [-0.39, 0.29) is 48.5 Å². The molecular weight excluding hydrogens is 630 g/mol. The Morgan fingerprint density at radius 3 is 2.11 bits per heavy atom. The highest BCUT2D eigenvalue weighted by Crippen LogP contribution is 2.54. The van der Waals surface area contributed by atoms with Crippen molar-refractivity contribution in [2.24, 2.45) is 0 Å². The minimum atomic E-state index is -5.93. The van der Waals surface area contributed by atoms with Crippen molar-refractivity contribution in [3.8, 4) is 5.75 Å². The summed E-state index contributed by atoms with van der Waals surface area (Å²) in [4.78, 5) is 27.5. The van der Waals surface area contributed by atoms with Crippen LogP contribution in [0.2, 0.25) is 0 Å². The van der Waals surface area contributed by atoms with E-state index in [1.807, 2.05) is 0 Å². The number of ether oxygens (including phenoxy) is 3. The number of carbonyl (C=O) groups is 2. The summed E-state index contributed by atoms with van der Waals surface area (Å²) < 4.78 is 105. The number of hydrogen-bond donors (Lipinski definition) is 0. The van der Waals surface area contributed by atoms with E-state index in [2.05, 4.69) is 0 Å². The minimum absolute atomic E-state index is 0.00184. The summed E-state index contributed by atoms with van der Waals surface area (Å²) in [5.74, 6) is -0.372. The summed E-state index contributed by atoms with van der Waals surface area (Å²) in [6.45, 7) is -1.28. The van der Waals surface area contributed by atoms with Gasteiger partial charge < -0.3 is 24.0 Å². The van der Waals surface area contributed by atoms with Gasteiger partial charge in [0, 0.05) is 45.3 Å². The first-order valence-corrected chi connectivity index (χ1v) is 14.5. The Bertz CT molecular complexity index is 1540. The van der Waals surface area contributed by atoms with Crippen molar-refractivity contribution in [1.29, 1.82) is 0 Å². The molecule has 47 heavy (non-hydrogen) atoms. The molecule has 3 aromatic rings. The zero-order valence-corrected chi connectivity index (χ0v) is 25.9. The van der Waals surface area contributed by atoms with Gasteiger partial charge in [-0.2, -0.15) is 26.3 Å². The lowest BCUT2D eigenvalue weighted by atomic mass is 9.84. The molecule has 0 N–H and O–H groups in total. The second-order valence-electron chi connectivity index (χ2n) is 11.0. The van der Waals surface area contributed by atoms with Crippen LogP contribution in [0.25, 0.3) is 0 Å². The van der Waals surface area contributed by atoms with Crippen molar-refractivity contribution in [3.63, 3.8) is 0 Å². The zero-order chi connectivity index (χ0) is 34.4. The molecule has 0 fully saturated rings. The van der Waals surface area contributed by atoms with Crippen LogP contribution in [0.1, 0.15) is 34.2 Å². The third kappa shape index (κ3) is 7.96. The molecule has 3 aromatic carbocycles. The predicted molar refractivity (Wildman–Crippen MR) is 160 cm³/mol. The van der Waals surface area contributed by atoms with E-state index in [0.717, 1.165) is 6.07 Å². The monoisotopic (exact) mass is 664 g/mol. The summed E-state index contributed by atoms with van der Waals surface area (Å²) in [5.41, 5.74) is -5.52. The number of hydrogen-bond acceptors (Lipinski definition) is 5. The topological polar surface area (TPSA) is 68.3 Å². The number of halogens is 6. The Morgan fingerprint density at radius 1 is 0.872 bits per heavy atom. The molecule has 0 spiro atoms. The van der Waals surface area contributed by atoms with Crippen molar-refractivity contribution < 1.29 is 50.1 Å². The van der Waals surface area contributed by atoms with Crippen molar-refractivity contribution in [1.82, 2.24) is 9.80 Å². The van der Waals surface area contributed by atoms with Crippen LogP contribution in [0.15, 0.2) is 84.9 Å². The van der Waals surface area contributed by atoms with Gasteiger partial charge in [-0.25, -0.2) is 0 Å². The molecule has 7 nitrogen and oxygen atoms in total. The lowest BCUT2D eigenvalue weighted by Crippen LogP contribution is -2.56. The molecule has 0 bridgehead atoms. The van der Waals surface area contributed by atoms with Crippen LogP contribution >= 0.6 is 0 Å². The van der Waals surface area contributed by atoms with Gasteiger partial charge in [-0.15, -0.1) is 0 Å². The van der Waals surface area contributed by atoms with Crippen LogP contribution in [0.3, 0.4) is 0 Å². The van der Waals surface area contributed by atoms with Crippen LogP contribution < -0.4 is 4.74 Å². The Balaban J connectivity index is 1.72. The third-order valence-corrected chi connectivity index (χ3v) is 7.85. The number of methoxy groups -OCH3 is 2. The maximum Gasteiger partial charge on any atom is 0.430 e. The molecule has 13 heteroatoms. The molecule has 0 saturated carbocycles. The molecule has 0 radical (unpaired) electrons. The molecule has 1 unspecified atom stereocenters. The van der Waals surface area contributed by atoms with Crippen LogP contribution in [0, 0.1) is 0 Å². The van der Waals surface area contributed by atoms with Crippen LogP contribution in [-0.2, 0) is 44.2 Å². The molecule has 0 saturated heterocycles. The van der Waals surface area contributed by atoms with Crippen molar-refractivity contribution in [2.45, 2.75) is 50.2 Å². The summed E-state index contributed by atoms with van der Waals surface area (Å²) in [7, 11) is 4.20. The van der Waals surface area contributed by atoms with Gasteiger partial charge in [0.1, 0.15) is 5.75 Å². The van der Waals surface area contributed by atoms with Crippen LogP contribution in [0.5, 0.6) is 5.75 Å². The number of carbonyl (C=O) groups excluding carboxylic acids is 2. The van der Waals surface area contributed by atoms with Gasteiger partial charge in [0.2, 0.25) is 11.8 Å². The van der Waals surface area contributed by atoms with Gasteiger partial charge in [-0.05, 0) is 46.9 Å². The summed E-state index contributed by atoms with van der Waals surface area (Å²) in [6.07, 6.45) is -10.1. The molecule has 1 atom stereocenters. The van der Waals surface area contributed by atoms with E-state index in [9.17, 15) is 35.9 Å². The molecule has 4 rings (SSSR count). The highest BCUT2D eigenvalue weighted by molar-refractivity contribution is 5.90. The van der Waals surface area contributed by atoms with Crippen molar-refractivity contribution in [3.05, 3.63) is 113 Å². The van der Waals surface area contributed by atoms with Crippen LogP contribution in [-0.4, -0.2) is 68.0 Å². The van der Waals surface area contributed by atoms with Crippen molar-refractivity contribution >= 4 is 11.8 Å². The summed E-state index contributed by atoms with van der Waals surface area (Å²) in [5, 5.41) is 0. The summed E-state index contributed by atoms with van der Waals surface area (Å²) in [6, 6.07) is 16.9. The smallest absolute Gasteiger partial charge is 0.430 e. The molecule has 0 aromatic heterocycles. The number of alkyl halides is 6. The first-order chi connectivity index (χ1) is 22.2. The highest BCUT2D eigenvalue weighted by atomic mass is 19.4. The Morgan fingerprint density at radius 2 is 1.51 bits per heavy atom. The minimum Gasteiger partial charge on any atom is -0.497 e.